The highest BCUT2D eigenvalue weighted by Crippen LogP contribution is 2.25. The molecule has 0 saturated carbocycles. The van der Waals surface area contributed by atoms with E-state index in [1.54, 1.807) is 0 Å². The Balaban J connectivity index is 2.15. The Hall–Kier alpha value is -1.12. The molecule has 2 rings (SSSR count). The maximum Gasteiger partial charge on any atom is 0.0338 e. The van der Waals surface area contributed by atoms with Gasteiger partial charge in [0.25, 0.3) is 0 Å². The van der Waals surface area contributed by atoms with Crippen molar-refractivity contribution in [2.24, 2.45) is 5.73 Å². The molecule has 19 heavy (non-hydrogen) atoms. The average Bonchev–Trinajstić information content (AvgIpc) is 2.42. The zero-order valence-corrected chi connectivity index (χ0v) is 13.1. The van der Waals surface area contributed by atoms with Crippen molar-refractivity contribution in [1.82, 2.24) is 0 Å². The van der Waals surface area contributed by atoms with E-state index in [2.05, 4.69) is 66.2 Å². The second-order valence-corrected chi connectivity index (χ2v) is 5.79. The van der Waals surface area contributed by atoms with E-state index in [1.807, 2.05) is 6.07 Å². The quantitative estimate of drug-likeness (QED) is 0.878. The van der Waals surface area contributed by atoms with Crippen LogP contribution in [0.4, 0.5) is 0 Å². The fraction of sp³-hybridized carbons (Fsp3) is 0.294. The van der Waals surface area contributed by atoms with Crippen molar-refractivity contribution in [2.75, 3.05) is 0 Å². The number of aryl methyl sites for hydroxylation is 1. The van der Waals surface area contributed by atoms with Crippen LogP contribution >= 0.6 is 15.9 Å². The summed E-state index contributed by atoms with van der Waals surface area (Å²) in [4.78, 5) is 0. The molecule has 0 radical (unpaired) electrons. The predicted octanol–water partition coefficient (Wildman–Crippen LogP) is 4.56. The first-order valence-electron chi connectivity index (χ1n) is 6.70. The van der Waals surface area contributed by atoms with Crippen molar-refractivity contribution in [3.05, 3.63) is 69.2 Å². The number of benzene rings is 2. The Labute approximate surface area is 124 Å². The smallest absolute Gasteiger partial charge is 0.0338 e. The Kier molecular flexibility index (Phi) is 4.78. The van der Waals surface area contributed by atoms with Gasteiger partial charge in [0.1, 0.15) is 0 Å². The van der Waals surface area contributed by atoms with Crippen LogP contribution in [0.25, 0.3) is 0 Å². The van der Waals surface area contributed by atoms with E-state index >= 15 is 0 Å². The van der Waals surface area contributed by atoms with Gasteiger partial charge in [-0.15, -0.1) is 0 Å². The molecule has 0 amide bonds. The van der Waals surface area contributed by atoms with E-state index in [0.29, 0.717) is 0 Å². The largest absolute Gasteiger partial charge is 0.324 e. The SMILES string of the molecule is CCc1ccc(CC(N)c2cccc(Br)c2C)cc1. The monoisotopic (exact) mass is 317 g/mol. The lowest BCUT2D eigenvalue weighted by Gasteiger charge is -2.16. The zero-order valence-electron chi connectivity index (χ0n) is 11.5. The van der Waals surface area contributed by atoms with Gasteiger partial charge in [-0.3, -0.25) is 0 Å². The molecular weight excluding hydrogens is 298 g/mol. The summed E-state index contributed by atoms with van der Waals surface area (Å²) >= 11 is 3.56. The molecule has 1 nitrogen and oxygen atoms in total. The molecule has 0 fully saturated rings. The van der Waals surface area contributed by atoms with E-state index in [4.69, 9.17) is 5.73 Å². The van der Waals surface area contributed by atoms with E-state index in [1.165, 1.54) is 22.3 Å². The van der Waals surface area contributed by atoms with Crippen molar-refractivity contribution in [1.29, 1.82) is 0 Å². The molecule has 0 aliphatic carbocycles. The van der Waals surface area contributed by atoms with Crippen LogP contribution in [0, 0.1) is 6.92 Å². The highest BCUT2D eigenvalue weighted by atomic mass is 79.9. The molecule has 0 saturated heterocycles. The third-order valence-corrected chi connectivity index (χ3v) is 4.45. The van der Waals surface area contributed by atoms with Crippen molar-refractivity contribution < 1.29 is 0 Å². The van der Waals surface area contributed by atoms with Gasteiger partial charge in [-0.1, -0.05) is 59.3 Å². The third-order valence-electron chi connectivity index (χ3n) is 3.60. The van der Waals surface area contributed by atoms with E-state index in [0.717, 1.165) is 17.3 Å². The third kappa shape index (κ3) is 3.46. The van der Waals surface area contributed by atoms with E-state index < -0.39 is 0 Å². The van der Waals surface area contributed by atoms with Crippen molar-refractivity contribution in [3.63, 3.8) is 0 Å². The highest BCUT2D eigenvalue weighted by Gasteiger charge is 2.11. The summed E-state index contributed by atoms with van der Waals surface area (Å²) in [6, 6.07) is 15.0. The topological polar surface area (TPSA) is 26.0 Å². The maximum absolute atomic E-state index is 6.35. The molecule has 1 unspecified atom stereocenters. The molecule has 2 aromatic rings. The molecule has 0 bridgehead atoms. The molecule has 1 atom stereocenters. The lowest BCUT2D eigenvalue weighted by Crippen LogP contribution is -2.14. The lowest BCUT2D eigenvalue weighted by atomic mass is 9.95. The molecule has 0 spiro atoms. The summed E-state index contributed by atoms with van der Waals surface area (Å²) in [5.41, 5.74) is 11.5. The summed E-state index contributed by atoms with van der Waals surface area (Å²) in [7, 11) is 0. The van der Waals surface area contributed by atoms with Gasteiger partial charge < -0.3 is 5.73 Å². The normalized spacial score (nSPS) is 12.4. The fourth-order valence-corrected chi connectivity index (χ4v) is 2.68. The van der Waals surface area contributed by atoms with Gasteiger partial charge >= 0.3 is 0 Å². The van der Waals surface area contributed by atoms with Gasteiger partial charge in [0, 0.05) is 10.5 Å². The van der Waals surface area contributed by atoms with Crippen LogP contribution in [-0.2, 0) is 12.8 Å². The van der Waals surface area contributed by atoms with Gasteiger partial charge in [-0.05, 0) is 48.1 Å². The number of rotatable bonds is 4. The van der Waals surface area contributed by atoms with E-state index in [-0.39, 0.29) is 6.04 Å². The fourth-order valence-electron chi connectivity index (χ4n) is 2.30. The zero-order chi connectivity index (χ0) is 13.8. The highest BCUT2D eigenvalue weighted by molar-refractivity contribution is 9.10. The van der Waals surface area contributed by atoms with Gasteiger partial charge in [0.05, 0.1) is 0 Å². The lowest BCUT2D eigenvalue weighted by molar-refractivity contribution is 0.715. The van der Waals surface area contributed by atoms with Gasteiger partial charge in [0.2, 0.25) is 0 Å². The van der Waals surface area contributed by atoms with Crippen LogP contribution in [-0.4, -0.2) is 0 Å². The molecule has 2 aromatic carbocycles. The minimum absolute atomic E-state index is 0.0463. The minimum Gasteiger partial charge on any atom is -0.324 e. The molecule has 2 heteroatoms. The molecule has 100 valence electrons. The predicted molar refractivity (Wildman–Crippen MR) is 85.3 cm³/mol. The molecule has 0 aliphatic rings. The first kappa shape index (κ1) is 14.3. The van der Waals surface area contributed by atoms with E-state index in [9.17, 15) is 0 Å². The maximum atomic E-state index is 6.35. The Morgan fingerprint density at radius 2 is 1.68 bits per heavy atom. The Morgan fingerprint density at radius 3 is 2.32 bits per heavy atom. The van der Waals surface area contributed by atoms with Crippen LogP contribution in [0.1, 0.15) is 35.2 Å². The summed E-state index contributed by atoms with van der Waals surface area (Å²) in [5, 5.41) is 0. The Morgan fingerprint density at radius 1 is 1.05 bits per heavy atom. The standard InChI is InChI=1S/C17H20BrN/c1-3-13-7-9-14(10-8-13)11-17(19)15-5-4-6-16(18)12(15)2/h4-10,17H,3,11,19H2,1-2H3. The van der Waals surface area contributed by atoms with Crippen LogP contribution in [0.5, 0.6) is 0 Å². The first-order valence-corrected chi connectivity index (χ1v) is 7.49. The van der Waals surface area contributed by atoms with Gasteiger partial charge in [0.15, 0.2) is 0 Å². The molecule has 0 aliphatic heterocycles. The summed E-state index contributed by atoms with van der Waals surface area (Å²) in [6.45, 7) is 4.28. The van der Waals surface area contributed by atoms with Crippen LogP contribution in [0.15, 0.2) is 46.9 Å². The molecular formula is C17H20BrN. The van der Waals surface area contributed by atoms with Crippen LogP contribution < -0.4 is 5.73 Å². The van der Waals surface area contributed by atoms with Crippen molar-refractivity contribution in [3.8, 4) is 0 Å². The second kappa shape index (κ2) is 6.36. The van der Waals surface area contributed by atoms with Crippen LogP contribution in [0.2, 0.25) is 0 Å². The van der Waals surface area contributed by atoms with Crippen LogP contribution in [0.3, 0.4) is 0 Å². The minimum atomic E-state index is 0.0463. The first-order chi connectivity index (χ1) is 9.11. The number of hydrogen-bond acceptors (Lipinski definition) is 1. The molecule has 0 aromatic heterocycles. The number of hydrogen-bond donors (Lipinski definition) is 1. The van der Waals surface area contributed by atoms with Crippen molar-refractivity contribution >= 4 is 15.9 Å². The number of nitrogens with two attached hydrogens (primary N) is 1. The average molecular weight is 318 g/mol. The number of halogens is 1. The molecule has 0 heterocycles. The summed E-state index contributed by atoms with van der Waals surface area (Å²) in [6.07, 6.45) is 1.96. The van der Waals surface area contributed by atoms with Gasteiger partial charge in [-0.2, -0.15) is 0 Å². The Bertz CT molecular complexity index is 546. The molecule has 2 N–H and O–H groups in total. The van der Waals surface area contributed by atoms with Crippen molar-refractivity contribution in [2.45, 2.75) is 32.7 Å². The summed E-state index contributed by atoms with van der Waals surface area (Å²) in [5.74, 6) is 0. The second-order valence-electron chi connectivity index (χ2n) is 4.93. The van der Waals surface area contributed by atoms with Gasteiger partial charge in [-0.25, -0.2) is 0 Å². The summed E-state index contributed by atoms with van der Waals surface area (Å²) < 4.78 is 1.13.